The van der Waals surface area contributed by atoms with Gasteiger partial charge in [0.15, 0.2) is 0 Å². The number of hydrogen-bond acceptors (Lipinski definition) is 2. The van der Waals surface area contributed by atoms with Crippen molar-refractivity contribution in [2.24, 2.45) is 5.73 Å². The van der Waals surface area contributed by atoms with Gasteiger partial charge in [0, 0.05) is 10.5 Å². The molecule has 0 saturated heterocycles. The minimum absolute atomic E-state index is 0.0925. The zero-order valence-electron chi connectivity index (χ0n) is 8.19. The van der Waals surface area contributed by atoms with Crippen LogP contribution in [0.2, 0.25) is 0 Å². The zero-order chi connectivity index (χ0) is 10.7. The molecule has 3 heteroatoms. The van der Waals surface area contributed by atoms with Gasteiger partial charge in [-0.25, -0.2) is 0 Å². The first-order valence-electron chi connectivity index (χ1n) is 4.78. The van der Waals surface area contributed by atoms with Crippen molar-refractivity contribution in [1.29, 1.82) is 0 Å². The summed E-state index contributed by atoms with van der Waals surface area (Å²) in [7, 11) is 0. The maximum atomic E-state index is 6.13. The van der Waals surface area contributed by atoms with Gasteiger partial charge in [0.1, 0.15) is 0 Å². The van der Waals surface area contributed by atoms with Gasteiger partial charge < -0.3 is 5.73 Å². The van der Waals surface area contributed by atoms with Gasteiger partial charge in [-0.15, -0.1) is 0 Å². The summed E-state index contributed by atoms with van der Waals surface area (Å²) in [6.07, 6.45) is 0.873. The van der Waals surface area contributed by atoms with E-state index in [0.717, 1.165) is 10.9 Å². The van der Waals surface area contributed by atoms with Gasteiger partial charge in [0.2, 0.25) is 0 Å². The molecule has 2 aromatic rings. The summed E-state index contributed by atoms with van der Waals surface area (Å²) < 4.78 is 1.13. The average molecular weight is 282 g/mol. The SMILES string of the molecule is NC(Cc1ccccc1Br)c1ccsc1. The molecule has 1 aromatic carbocycles. The highest BCUT2D eigenvalue weighted by molar-refractivity contribution is 9.10. The molecular formula is C12H12BrNS. The van der Waals surface area contributed by atoms with Crippen LogP contribution in [0.4, 0.5) is 0 Å². The van der Waals surface area contributed by atoms with Crippen LogP contribution in [0.1, 0.15) is 17.2 Å². The maximum Gasteiger partial charge on any atom is 0.0344 e. The van der Waals surface area contributed by atoms with Crippen LogP contribution in [0.25, 0.3) is 0 Å². The van der Waals surface area contributed by atoms with Crippen molar-refractivity contribution in [2.45, 2.75) is 12.5 Å². The fourth-order valence-corrected chi connectivity index (χ4v) is 2.68. The highest BCUT2D eigenvalue weighted by Gasteiger charge is 2.08. The number of rotatable bonds is 3. The molecule has 0 aliphatic heterocycles. The molecule has 0 radical (unpaired) electrons. The Kier molecular flexibility index (Phi) is 3.57. The molecule has 15 heavy (non-hydrogen) atoms. The molecule has 0 bridgehead atoms. The number of halogens is 1. The smallest absolute Gasteiger partial charge is 0.0344 e. The normalized spacial score (nSPS) is 12.7. The van der Waals surface area contributed by atoms with Crippen LogP contribution in [0, 0.1) is 0 Å². The Bertz CT molecular complexity index is 425. The van der Waals surface area contributed by atoms with E-state index in [9.17, 15) is 0 Å². The second-order valence-corrected chi connectivity index (χ2v) is 5.09. The molecule has 2 rings (SSSR count). The van der Waals surface area contributed by atoms with Crippen molar-refractivity contribution >= 4 is 27.3 Å². The lowest BCUT2D eigenvalue weighted by molar-refractivity contribution is 0.723. The van der Waals surface area contributed by atoms with Crippen LogP contribution >= 0.6 is 27.3 Å². The highest BCUT2D eigenvalue weighted by atomic mass is 79.9. The van der Waals surface area contributed by atoms with Crippen molar-refractivity contribution in [2.75, 3.05) is 0 Å². The first-order valence-corrected chi connectivity index (χ1v) is 6.52. The van der Waals surface area contributed by atoms with E-state index < -0.39 is 0 Å². The van der Waals surface area contributed by atoms with Crippen molar-refractivity contribution < 1.29 is 0 Å². The number of thiophene rings is 1. The fourth-order valence-electron chi connectivity index (χ4n) is 1.50. The standard InChI is InChI=1S/C12H12BrNS/c13-11-4-2-1-3-9(11)7-12(14)10-5-6-15-8-10/h1-6,8,12H,7,14H2. The summed E-state index contributed by atoms with van der Waals surface area (Å²) in [6.45, 7) is 0. The van der Waals surface area contributed by atoms with E-state index in [1.165, 1.54) is 11.1 Å². The van der Waals surface area contributed by atoms with E-state index in [2.05, 4.69) is 44.9 Å². The van der Waals surface area contributed by atoms with E-state index >= 15 is 0 Å². The van der Waals surface area contributed by atoms with Crippen LogP contribution < -0.4 is 5.73 Å². The van der Waals surface area contributed by atoms with Crippen molar-refractivity contribution in [3.63, 3.8) is 0 Å². The molecule has 78 valence electrons. The highest BCUT2D eigenvalue weighted by Crippen LogP contribution is 2.23. The van der Waals surface area contributed by atoms with Gasteiger partial charge in [0.25, 0.3) is 0 Å². The summed E-state index contributed by atoms with van der Waals surface area (Å²) in [4.78, 5) is 0. The van der Waals surface area contributed by atoms with E-state index in [1.807, 2.05) is 12.1 Å². The predicted molar refractivity (Wildman–Crippen MR) is 69.1 cm³/mol. The minimum Gasteiger partial charge on any atom is -0.324 e. The minimum atomic E-state index is 0.0925. The van der Waals surface area contributed by atoms with Gasteiger partial charge >= 0.3 is 0 Å². The quantitative estimate of drug-likeness (QED) is 0.911. The Hall–Kier alpha value is -0.640. The van der Waals surface area contributed by atoms with Crippen molar-refractivity contribution in [1.82, 2.24) is 0 Å². The Morgan fingerprint density at radius 1 is 1.27 bits per heavy atom. The van der Waals surface area contributed by atoms with Crippen LogP contribution in [-0.4, -0.2) is 0 Å². The second-order valence-electron chi connectivity index (χ2n) is 3.46. The topological polar surface area (TPSA) is 26.0 Å². The van der Waals surface area contributed by atoms with Crippen molar-refractivity contribution in [3.05, 3.63) is 56.7 Å². The number of hydrogen-bond donors (Lipinski definition) is 1. The lowest BCUT2D eigenvalue weighted by atomic mass is 10.0. The Labute approximate surface area is 102 Å². The summed E-state index contributed by atoms with van der Waals surface area (Å²) in [5.41, 5.74) is 8.60. The Balaban J connectivity index is 2.13. The van der Waals surface area contributed by atoms with Crippen molar-refractivity contribution in [3.8, 4) is 0 Å². The lowest BCUT2D eigenvalue weighted by Gasteiger charge is -2.11. The van der Waals surface area contributed by atoms with Gasteiger partial charge in [-0.05, 0) is 40.4 Å². The van der Waals surface area contributed by atoms with Crippen LogP contribution in [0.15, 0.2) is 45.6 Å². The van der Waals surface area contributed by atoms with E-state index in [0.29, 0.717) is 0 Å². The van der Waals surface area contributed by atoms with Gasteiger partial charge in [-0.1, -0.05) is 34.1 Å². The summed E-state index contributed by atoms with van der Waals surface area (Å²) in [5, 5.41) is 4.18. The van der Waals surface area contributed by atoms with Gasteiger partial charge in [0.05, 0.1) is 0 Å². The molecule has 0 aliphatic rings. The lowest BCUT2D eigenvalue weighted by Crippen LogP contribution is -2.12. The zero-order valence-corrected chi connectivity index (χ0v) is 10.6. The third-order valence-electron chi connectivity index (χ3n) is 2.37. The predicted octanol–water partition coefficient (Wildman–Crippen LogP) is 3.75. The molecule has 1 atom stereocenters. The molecule has 1 nitrogen and oxygen atoms in total. The number of nitrogens with two attached hydrogens (primary N) is 1. The van der Waals surface area contributed by atoms with Gasteiger partial charge in [-0.2, -0.15) is 11.3 Å². The molecule has 1 aromatic heterocycles. The first-order chi connectivity index (χ1) is 7.27. The molecule has 0 spiro atoms. The summed E-state index contributed by atoms with van der Waals surface area (Å²) in [6, 6.07) is 10.4. The fraction of sp³-hybridized carbons (Fsp3) is 0.167. The average Bonchev–Trinajstić information content (AvgIpc) is 2.74. The second kappa shape index (κ2) is 4.92. The first kappa shape index (κ1) is 10.9. The summed E-state index contributed by atoms with van der Waals surface area (Å²) >= 11 is 5.23. The van der Waals surface area contributed by atoms with Crippen LogP contribution in [0.3, 0.4) is 0 Å². The molecule has 0 fully saturated rings. The maximum absolute atomic E-state index is 6.13. The molecule has 0 saturated carbocycles. The third kappa shape index (κ3) is 2.68. The van der Waals surface area contributed by atoms with E-state index in [-0.39, 0.29) is 6.04 Å². The molecule has 1 unspecified atom stereocenters. The van der Waals surface area contributed by atoms with Crippen LogP contribution in [-0.2, 0) is 6.42 Å². The third-order valence-corrected chi connectivity index (χ3v) is 3.84. The Morgan fingerprint density at radius 2 is 2.07 bits per heavy atom. The van der Waals surface area contributed by atoms with E-state index in [1.54, 1.807) is 11.3 Å². The van der Waals surface area contributed by atoms with E-state index in [4.69, 9.17) is 5.73 Å². The molecule has 0 aliphatic carbocycles. The molecule has 1 heterocycles. The molecular weight excluding hydrogens is 270 g/mol. The van der Waals surface area contributed by atoms with Gasteiger partial charge in [-0.3, -0.25) is 0 Å². The van der Waals surface area contributed by atoms with Crippen LogP contribution in [0.5, 0.6) is 0 Å². The molecule has 0 amide bonds. The number of benzene rings is 1. The Morgan fingerprint density at radius 3 is 2.73 bits per heavy atom. The molecule has 2 N–H and O–H groups in total. The monoisotopic (exact) mass is 281 g/mol. The summed E-state index contributed by atoms with van der Waals surface area (Å²) in [5.74, 6) is 0. The largest absolute Gasteiger partial charge is 0.324 e.